The number of hydrogen-bond acceptors (Lipinski definition) is 3. The van der Waals surface area contributed by atoms with Gasteiger partial charge in [-0.25, -0.2) is 0 Å². The first-order valence-electron chi connectivity index (χ1n) is 6.93. The standard InChI is InChI=1S/C14H26N2S/c1-10-9-17-13(15-11(10)2)16-12-6-5-7-14(3,4)8-12/h10-12H,5-9H2,1-4H3,(H,15,16). The summed E-state index contributed by atoms with van der Waals surface area (Å²) in [7, 11) is 0. The number of hydrogen-bond donors (Lipinski definition) is 1. The van der Waals surface area contributed by atoms with Gasteiger partial charge in [0, 0.05) is 11.8 Å². The summed E-state index contributed by atoms with van der Waals surface area (Å²) in [5.74, 6) is 1.93. The fourth-order valence-electron chi connectivity index (χ4n) is 2.77. The van der Waals surface area contributed by atoms with Crippen LogP contribution in [0.1, 0.15) is 53.4 Å². The molecule has 3 atom stereocenters. The molecule has 0 amide bonds. The lowest BCUT2D eigenvalue weighted by Crippen LogP contribution is -2.41. The quantitative estimate of drug-likeness (QED) is 0.772. The van der Waals surface area contributed by atoms with E-state index in [9.17, 15) is 0 Å². The van der Waals surface area contributed by atoms with Crippen molar-refractivity contribution in [2.45, 2.75) is 65.5 Å². The van der Waals surface area contributed by atoms with E-state index in [1.807, 2.05) is 11.8 Å². The molecule has 2 aliphatic rings. The first-order valence-corrected chi connectivity index (χ1v) is 7.92. The Morgan fingerprint density at radius 3 is 2.76 bits per heavy atom. The fraction of sp³-hybridized carbons (Fsp3) is 0.929. The molecule has 1 aliphatic heterocycles. The van der Waals surface area contributed by atoms with Crippen molar-refractivity contribution >= 4 is 16.9 Å². The van der Waals surface area contributed by atoms with Gasteiger partial charge >= 0.3 is 0 Å². The average molecular weight is 254 g/mol. The molecule has 1 fully saturated rings. The van der Waals surface area contributed by atoms with Gasteiger partial charge in [-0.2, -0.15) is 0 Å². The van der Waals surface area contributed by atoms with Gasteiger partial charge in [-0.3, -0.25) is 4.99 Å². The predicted octanol–water partition coefficient (Wildman–Crippen LogP) is 3.67. The van der Waals surface area contributed by atoms with Crippen LogP contribution in [0.25, 0.3) is 0 Å². The molecule has 0 aromatic rings. The second-order valence-corrected chi connectivity index (χ2v) is 7.57. The Kier molecular flexibility index (Phi) is 4.06. The van der Waals surface area contributed by atoms with Crippen LogP contribution >= 0.6 is 11.8 Å². The van der Waals surface area contributed by atoms with Gasteiger partial charge in [-0.1, -0.05) is 39.0 Å². The van der Waals surface area contributed by atoms with Crippen molar-refractivity contribution in [2.24, 2.45) is 16.3 Å². The Balaban J connectivity index is 1.91. The number of amidine groups is 1. The van der Waals surface area contributed by atoms with E-state index in [0.29, 0.717) is 23.4 Å². The lowest BCUT2D eigenvalue weighted by Gasteiger charge is -2.37. The van der Waals surface area contributed by atoms with E-state index in [4.69, 9.17) is 4.99 Å². The van der Waals surface area contributed by atoms with E-state index in [2.05, 4.69) is 33.0 Å². The van der Waals surface area contributed by atoms with Crippen LogP contribution in [-0.4, -0.2) is 23.0 Å². The molecule has 0 saturated heterocycles. The summed E-state index contributed by atoms with van der Waals surface area (Å²) in [4.78, 5) is 4.77. The van der Waals surface area contributed by atoms with Crippen molar-refractivity contribution in [3.8, 4) is 0 Å². The number of rotatable bonds is 1. The summed E-state index contributed by atoms with van der Waals surface area (Å²) >= 11 is 1.91. The summed E-state index contributed by atoms with van der Waals surface area (Å²) in [6.45, 7) is 9.31. The second-order valence-electron chi connectivity index (χ2n) is 6.56. The van der Waals surface area contributed by atoms with Crippen molar-refractivity contribution in [2.75, 3.05) is 5.75 Å². The van der Waals surface area contributed by atoms with Crippen LogP contribution in [0.2, 0.25) is 0 Å². The van der Waals surface area contributed by atoms with Gasteiger partial charge in [0.05, 0.1) is 6.04 Å². The van der Waals surface area contributed by atoms with Crippen molar-refractivity contribution in [1.82, 2.24) is 5.32 Å². The Bertz CT molecular complexity index is 299. The summed E-state index contributed by atoms with van der Waals surface area (Å²) in [5.41, 5.74) is 0.509. The molecule has 0 radical (unpaired) electrons. The summed E-state index contributed by atoms with van der Waals surface area (Å²) in [6.07, 6.45) is 5.33. The Labute approximate surface area is 110 Å². The fourth-order valence-corrected chi connectivity index (χ4v) is 3.96. The molecule has 0 spiro atoms. The first-order chi connectivity index (χ1) is 7.96. The molecule has 0 bridgehead atoms. The second kappa shape index (κ2) is 5.21. The minimum atomic E-state index is 0.482. The van der Waals surface area contributed by atoms with Gasteiger partial charge in [0.2, 0.25) is 0 Å². The molecule has 1 heterocycles. The SMILES string of the molecule is CC1CSC(NC2CCCC(C)(C)C2)=NC1C. The van der Waals surface area contributed by atoms with E-state index in [0.717, 1.165) is 0 Å². The Morgan fingerprint density at radius 2 is 2.12 bits per heavy atom. The molecule has 3 heteroatoms. The molecule has 0 aromatic heterocycles. The largest absolute Gasteiger partial charge is 0.362 e. The monoisotopic (exact) mass is 254 g/mol. The van der Waals surface area contributed by atoms with Gasteiger partial charge < -0.3 is 5.32 Å². The molecule has 0 aromatic carbocycles. The molecule has 17 heavy (non-hydrogen) atoms. The maximum absolute atomic E-state index is 4.77. The predicted molar refractivity (Wildman–Crippen MR) is 77.7 cm³/mol. The zero-order chi connectivity index (χ0) is 12.5. The number of thioether (sulfide) groups is 1. The number of nitrogens with one attached hydrogen (secondary N) is 1. The van der Waals surface area contributed by atoms with Crippen LogP contribution < -0.4 is 5.32 Å². The highest BCUT2D eigenvalue weighted by atomic mass is 32.2. The molecule has 1 N–H and O–H groups in total. The van der Waals surface area contributed by atoms with Gasteiger partial charge in [-0.05, 0) is 37.5 Å². The molecule has 1 aliphatic carbocycles. The van der Waals surface area contributed by atoms with Crippen LogP contribution in [-0.2, 0) is 0 Å². The van der Waals surface area contributed by atoms with Gasteiger partial charge in [0.1, 0.15) is 0 Å². The Hall–Kier alpha value is -0.180. The minimum absolute atomic E-state index is 0.482. The molecule has 2 nitrogen and oxygen atoms in total. The van der Waals surface area contributed by atoms with E-state index >= 15 is 0 Å². The highest BCUT2D eigenvalue weighted by Gasteiger charge is 2.29. The molecule has 2 rings (SSSR count). The zero-order valence-electron chi connectivity index (χ0n) is 11.6. The van der Waals surface area contributed by atoms with E-state index in [-0.39, 0.29) is 0 Å². The number of nitrogens with zero attached hydrogens (tertiary/aromatic N) is 1. The van der Waals surface area contributed by atoms with Gasteiger partial charge in [0.25, 0.3) is 0 Å². The highest BCUT2D eigenvalue weighted by Crippen LogP contribution is 2.35. The van der Waals surface area contributed by atoms with Crippen LogP contribution in [0.4, 0.5) is 0 Å². The van der Waals surface area contributed by atoms with Crippen molar-refractivity contribution in [1.29, 1.82) is 0 Å². The number of aliphatic imine (C=N–C) groups is 1. The minimum Gasteiger partial charge on any atom is -0.362 e. The molecule has 1 saturated carbocycles. The van der Waals surface area contributed by atoms with Gasteiger partial charge in [0.15, 0.2) is 5.17 Å². The topological polar surface area (TPSA) is 24.4 Å². The lowest BCUT2D eigenvalue weighted by molar-refractivity contribution is 0.211. The zero-order valence-corrected chi connectivity index (χ0v) is 12.4. The van der Waals surface area contributed by atoms with E-state index in [1.54, 1.807) is 0 Å². The normalized spacial score (nSPS) is 37.4. The Morgan fingerprint density at radius 1 is 1.35 bits per heavy atom. The summed E-state index contributed by atoms with van der Waals surface area (Å²) < 4.78 is 0. The lowest BCUT2D eigenvalue weighted by atomic mass is 9.75. The smallest absolute Gasteiger partial charge is 0.157 e. The molecular weight excluding hydrogens is 228 g/mol. The maximum atomic E-state index is 4.77. The summed E-state index contributed by atoms with van der Waals surface area (Å²) in [5, 5.41) is 4.87. The maximum Gasteiger partial charge on any atom is 0.157 e. The van der Waals surface area contributed by atoms with Crippen molar-refractivity contribution < 1.29 is 0 Å². The van der Waals surface area contributed by atoms with Gasteiger partial charge in [-0.15, -0.1) is 0 Å². The third-order valence-electron chi connectivity index (χ3n) is 4.16. The average Bonchev–Trinajstić information content (AvgIpc) is 2.22. The van der Waals surface area contributed by atoms with E-state index in [1.165, 1.54) is 36.6 Å². The van der Waals surface area contributed by atoms with Crippen LogP contribution in [0.15, 0.2) is 4.99 Å². The van der Waals surface area contributed by atoms with Crippen LogP contribution in [0.5, 0.6) is 0 Å². The molecule has 3 unspecified atom stereocenters. The highest BCUT2D eigenvalue weighted by molar-refractivity contribution is 8.13. The summed E-state index contributed by atoms with van der Waals surface area (Å²) in [6, 6.07) is 1.13. The molecular formula is C14H26N2S. The van der Waals surface area contributed by atoms with Crippen LogP contribution in [0.3, 0.4) is 0 Å². The van der Waals surface area contributed by atoms with E-state index < -0.39 is 0 Å². The third-order valence-corrected chi connectivity index (χ3v) is 5.35. The molecule has 98 valence electrons. The first kappa shape index (κ1) is 13.3. The third kappa shape index (κ3) is 3.64. The van der Waals surface area contributed by atoms with Crippen LogP contribution in [0, 0.1) is 11.3 Å². The van der Waals surface area contributed by atoms with Crippen molar-refractivity contribution in [3.05, 3.63) is 0 Å². The van der Waals surface area contributed by atoms with Crippen molar-refractivity contribution in [3.63, 3.8) is 0 Å².